The number of hydrogen-bond acceptors (Lipinski definition) is 3. The lowest BCUT2D eigenvalue weighted by Crippen LogP contribution is -1.90. The average Bonchev–Trinajstić information content (AvgIpc) is 2.48. The largest absolute Gasteiger partial charge is 0.507 e. The normalized spacial score (nSPS) is 10.8. The quantitative estimate of drug-likeness (QED) is 0.725. The molecule has 3 aromatic rings. The Labute approximate surface area is 120 Å². The summed E-state index contributed by atoms with van der Waals surface area (Å²) in [5.41, 5.74) is 1.63. The van der Waals surface area contributed by atoms with Crippen LogP contribution >= 0.6 is 11.8 Å². The van der Waals surface area contributed by atoms with Crippen LogP contribution in [0.1, 0.15) is 5.56 Å². The van der Waals surface area contributed by atoms with Crippen molar-refractivity contribution in [2.75, 3.05) is 0 Å². The van der Waals surface area contributed by atoms with E-state index in [4.69, 9.17) is 0 Å². The summed E-state index contributed by atoms with van der Waals surface area (Å²) in [6.45, 7) is 0. The molecule has 0 unspecified atom stereocenters. The van der Waals surface area contributed by atoms with E-state index < -0.39 is 0 Å². The zero-order chi connectivity index (χ0) is 13.9. The van der Waals surface area contributed by atoms with Gasteiger partial charge < -0.3 is 5.11 Å². The van der Waals surface area contributed by atoms with Crippen LogP contribution in [-0.2, 0) is 5.75 Å². The third-order valence-corrected chi connectivity index (χ3v) is 4.16. The van der Waals surface area contributed by atoms with Crippen molar-refractivity contribution in [2.24, 2.45) is 0 Å². The van der Waals surface area contributed by atoms with Crippen LogP contribution < -0.4 is 0 Å². The minimum absolute atomic E-state index is 0.260. The van der Waals surface area contributed by atoms with Crippen LogP contribution in [0.25, 0.3) is 10.9 Å². The molecule has 0 bridgehead atoms. The van der Waals surface area contributed by atoms with Gasteiger partial charge in [-0.05, 0) is 35.9 Å². The van der Waals surface area contributed by atoms with Crippen molar-refractivity contribution in [1.29, 1.82) is 0 Å². The van der Waals surface area contributed by atoms with E-state index in [0.29, 0.717) is 16.7 Å². The molecule has 2 nitrogen and oxygen atoms in total. The summed E-state index contributed by atoms with van der Waals surface area (Å²) in [6, 6.07) is 13.8. The predicted molar refractivity (Wildman–Crippen MR) is 79.4 cm³/mol. The molecular weight excluding hydrogens is 273 g/mol. The Morgan fingerprint density at radius 3 is 2.75 bits per heavy atom. The first-order valence-electron chi connectivity index (χ1n) is 6.18. The van der Waals surface area contributed by atoms with E-state index in [1.807, 2.05) is 12.1 Å². The molecule has 0 saturated heterocycles. The number of phenols is 1. The summed E-state index contributed by atoms with van der Waals surface area (Å²) in [5.74, 6) is 0.632. The maximum absolute atomic E-state index is 13.7. The van der Waals surface area contributed by atoms with Crippen molar-refractivity contribution in [2.45, 2.75) is 10.6 Å². The van der Waals surface area contributed by atoms with Gasteiger partial charge in [-0.25, -0.2) is 4.39 Å². The molecule has 0 amide bonds. The number of hydrogen-bond donors (Lipinski definition) is 1. The van der Waals surface area contributed by atoms with Crippen molar-refractivity contribution in [3.05, 3.63) is 66.1 Å². The monoisotopic (exact) mass is 285 g/mol. The Morgan fingerprint density at radius 2 is 1.90 bits per heavy atom. The maximum Gasteiger partial charge on any atom is 0.132 e. The van der Waals surface area contributed by atoms with Gasteiger partial charge in [-0.1, -0.05) is 18.2 Å². The number of para-hydroxylation sites is 1. The fraction of sp³-hybridized carbons (Fsp3) is 0.0625. The fourth-order valence-electron chi connectivity index (χ4n) is 2.05. The van der Waals surface area contributed by atoms with E-state index in [9.17, 15) is 9.50 Å². The van der Waals surface area contributed by atoms with E-state index in [2.05, 4.69) is 4.98 Å². The van der Waals surface area contributed by atoms with Gasteiger partial charge in [0.05, 0.1) is 5.52 Å². The summed E-state index contributed by atoms with van der Waals surface area (Å²) >= 11 is 1.51. The molecule has 20 heavy (non-hydrogen) atoms. The molecule has 1 aromatic heterocycles. The first-order chi connectivity index (χ1) is 9.75. The maximum atomic E-state index is 13.7. The average molecular weight is 285 g/mol. The number of nitrogens with zero attached hydrogens (tertiary/aromatic N) is 1. The van der Waals surface area contributed by atoms with Gasteiger partial charge in [0, 0.05) is 22.2 Å². The van der Waals surface area contributed by atoms with Crippen LogP contribution in [0.15, 0.2) is 59.6 Å². The van der Waals surface area contributed by atoms with E-state index in [0.717, 1.165) is 10.5 Å². The van der Waals surface area contributed by atoms with E-state index in [-0.39, 0.29) is 11.6 Å². The molecule has 0 fully saturated rings. The lowest BCUT2D eigenvalue weighted by molar-refractivity contribution is 0.462. The van der Waals surface area contributed by atoms with Gasteiger partial charge in [0.2, 0.25) is 0 Å². The van der Waals surface area contributed by atoms with Gasteiger partial charge in [0.1, 0.15) is 11.6 Å². The number of pyridine rings is 1. The van der Waals surface area contributed by atoms with Gasteiger partial charge in [-0.2, -0.15) is 0 Å². The highest BCUT2D eigenvalue weighted by atomic mass is 32.2. The molecule has 4 heteroatoms. The van der Waals surface area contributed by atoms with Gasteiger partial charge in [0.25, 0.3) is 0 Å². The molecule has 0 aliphatic heterocycles. The Morgan fingerprint density at radius 1 is 1.05 bits per heavy atom. The number of fused-ring (bicyclic) bond motifs is 1. The molecule has 1 heterocycles. The third-order valence-electron chi connectivity index (χ3n) is 3.05. The predicted octanol–water partition coefficient (Wildman–Crippen LogP) is 4.37. The second kappa shape index (κ2) is 5.51. The molecule has 2 aromatic carbocycles. The lowest BCUT2D eigenvalue weighted by Gasteiger charge is -2.07. The third kappa shape index (κ3) is 2.47. The van der Waals surface area contributed by atoms with Crippen molar-refractivity contribution >= 4 is 22.7 Å². The summed E-state index contributed by atoms with van der Waals surface area (Å²) in [4.78, 5) is 5.07. The highest BCUT2D eigenvalue weighted by Crippen LogP contribution is 2.32. The number of halogens is 1. The van der Waals surface area contributed by atoms with Crippen molar-refractivity contribution in [3.8, 4) is 5.75 Å². The summed E-state index contributed by atoms with van der Waals surface area (Å²) in [7, 11) is 0. The minimum atomic E-state index is -0.260. The second-order valence-electron chi connectivity index (χ2n) is 4.36. The van der Waals surface area contributed by atoms with Crippen LogP contribution in [0, 0.1) is 5.82 Å². The molecule has 0 atom stereocenters. The number of thioether (sulfide) groups is 1. The first-order valence-corrected chi connectivity index (χ1v) is 7.17. The standard InChI is InChI=1S/C16H12FNOS/c17-13-8-7-11(16-12(13)4-3-9-18-16)10-20-15-6-2-1-5-14(15)19/h1-9,19H,10H2. The summed E-state index contributed by atoms with van der Waals surface area (Å²) in [6.07, 6.45) is 1.66. The highest BCUT2D eigenvalue weighted by Gasteiger charge is 2.08. The zero-order valence-corrected chi connectivity index (χ0v) is 11.4. The van der Waals surface area contributed by atoms with Gasteiger partial charge >= 0.3 is 0 Å². The number of benzene rings is 2. The van der Waals surface area contributed by atoms with Gasteiger partial charge in [-0.3, -0.25) is 4.98 Å². The van der Waals surface area contributed by atoms with Crippen molar-refractivity contribution in [3.63, 3.8) is 0 Å². The Balaban J connectivity index is 1.92. The lowest BCUT2D eigenvalue weighted by atomic mass is 10.1. The highest BCUT2D eigenvalue weighted by molar-refractivity contribution is 7.98. The molecule has 0 aliphatic carbocycles. The number of aromatic nitrogens is 1. The SMILES string of the molecule is Oc1ccccc1SCc1ccc(F)c2cccnc12. The molecule has 0 saturated carbocycles. The molecule has 100 valence electrons. The van der Waals surface area contributed by atoms with Crippen LogP contribution in [0.4, 0.5) is 4.39 Å². The molecule has 3 rings (SSSR count). The molecular formula is C16H12FNOS. The summed E-state index contributed by atoms with van der Waals surface area (Å²) < 4.78 is 13.7. The first kappa shape index (κ1) is 12.9. The van der Waals surface area contributed by atoms with E-state index in [1.54, 1.807) is 36.5 Å². The number of phenolic OH excluding ortho intramolecular Hbond substituents is 1. The van der Waals surface area contributed by atoms with Gasteiger partial charge in [0.15, 0.2) is 0 Å². The topological polar surface area (TPSA) is 33.1 Å². The van der Waals surface area contributed by atoms with Crippen LogP contribution in [0.3, 0.4) is 0 Å². The molecule has 0 aliphatic rings. The van der Waals surface area contributed by atoms with E-state index in [1.165, 1.54) is 17.8 Å². The fourth-order valence-corrected chi connectivity index (χ4v) is 2.98. The summed E-state index contributed by atoms with van der Waals surface area (Å²) in [5, 5.41) is 10.3. The molecule has 0 spiro atoms. The van der Waals surface area contributed by atoms with Crippen molar-refractivity contribution in [1.82, 2.24) is 4.98 Å². The van der Waals surface area contributed by atoms with Gasteiger partial charge in [-0.15, -0.1) is 11.8 Å². The Hall–Kier alpha value is -2.07. The van der Waals surface area contributed by atoms with Crippen LogP contribution in [-0.4, -0.2) is 10.1 Å². The second-order valence-corrected chi connectivity index (χ2v) is 5.38. The molecule has 0 radical (unpaired) electrons. The number of rotatable bonds is 3. The number of aromatic hydroxyl groups is 1. The smallest absolute Gasteiger partial charge is 0.132 e. The minimum Gasteiger partial charge on any atom is -0.507 e. The zero-order valence-electron chi connectivity index (χ0n) is 10.6. The van der Waals surface area contributed by atoms with E-state index >= 15 is 0 Å². The Kier molecular flexibility index (Phi) is 3.56. The van der Waals surface area contributed by atoms with Crippen molar-refractivity contribution < 1.29 is 9.50 Å². The Bertz CT molecular complexity index is 760. The van der Waals surface area contributed by atoms with Crippen LogP contribution in [0.2, 0.25) is 0 Å². The molecule has 1 N–H and O–H groups in total. The van der Waals surface area contributed by atoms with Crippen LogP contribution in [0.5, 0.6) is 5.75 Å².